The lowest BCUT2D eigenvalue weighted by Gasteiger charge is -2.36. The molecule has 0 bridgehead atoms. The number of rotatable bonds is 5. The normalized spacial score (nSPS) is 17.1. The largest absolute Gasteiger partial charge is 0.383 e. The van der Waals surface area contributed by atoms with E-state index in [2.05, 4.69) is 34.1 Å². The highest BCUT2D eigenvalue weighted by molar-refractivity contribution is 5.48. The Labute approximate surface area is 109 Å². The molecule has 4 heteroatoms. The van der Waals surface area contributed by atoms with Crippen LogP contribution in [0.3, 0.4) is 0 Å². The first kappa shape index (κ1) is 13.3. The van der Waals surface area contributed by atoms with E-state index in [0.29, 0.717) is 6.54 Å². The molecule has 1 saturated heterocycles. The Morgan fingerprint density at radius 3 is 2.33 bits per heavy atom. The first-order valence-corrected chi connectivity index (χ1v) is 6.58. The summed E-state index contributed by atoms with van der Waals surface area (Å²) in [7, 11) is 1.76. The number of nitrogens with two attached hydrogens (primary N) is 1. The summed E-state index contributed by atoms with van der Waals surface area (Å²) in [6.07, 6.45) is 0. The highest BCUT2D eigenvalue weighted by Gasteiger charge is 2.16. The van der Waals surface area contributed by atoms with E-state index >= 15 is 0 Å². The van der Waals surface area contributed by atoms with Crippen molar-refractivity contribution in [3.8, 4) is 0 Å². The summed E-state index contributed by atoms with van der Waals surface area (Å²) in [6.45, 7) is 6.88. The smallest absolute Gasteiger partial charge is 0.0589 e. The van der Waals surface area contributed by atoms with E-state index in [1.54, 1.807) is 7.11 Å². The van der Waals surface area contributed by atoms with E-state index in [0.717, 1.165) is 39.3 Å². The Morgan fingerprint density at radius 1 is 1.11 bits per heavy atom. The lowest BCUT2D eigenvalue weighted by Crippen LogP contribution is -2.47. The van der Waals surface area contributed by atoms with Crippen molar-refractivity contribution in [1.29, 1.82) is 0 Å². The summed E-state index contributed by atoms with van der Waals surface area (Å²) in [6, 6.07) is 8.58. The molecule has 0 aliphatic carbocycles. The molecule has 2 N–H and O–H groups in total. The molecule has 100 valence electrons. The number of hydrogen-bond acceptors (Lipinski definition) is 4. The minimum Gasteiger partial charge on any atom is -0.383 e. The van der Waals surface area contributed by atoms with Gasteiger partial charge in [0.05, 0.1) is 6.61 Å². The molecule has 2 rings (SSSR count). The van der Waals surface area contributed by atoms with Crippen LogP contribution in [0.1, 0.15) is 5.56 Å². The summed E-state index contributed by atoms with van der Waals surface area (Å²) < 4.78 is 5.11. The monoisotopic (exact) mass is 249 g/mol. The van der Waals surface area contributed by atoms with Gasteiger partial charge in [0.15, 0.2) is 0 Å². The third kappa shape index (κ3) is 3.45. The zero-order chi connectivity index (χ0) is 12.8. The van der Waals surface area contributed by atoms with Crippen LogP contribution in [0.4, 0.5) is 5.69 Å². The van der Waals surface area contributed by atoms with E-state index in [-0.39, 0.29) is 0 Å². The second-order valence-corrected chi connectivity index (χ2v) is 4.69. The number of hydrogen-bond donors (Lipinski definition) is 1. The Bertz CT molecular complexity index is 345. The molecule has 0 amide bonds. The van der Waals surface area contributed by atoms with Gasteiger partial charge in [-0.2, -0.15) is 0 Å². The van der Waals surface area contributed by atoms with E-state index < -0.39 is 0 Å². The zero-order valence-electron chi connectivity index (χ0n) is 11.1. The molecule has 1 aromatic carbocycles. The van der Waals surface area contributed by atoms with Crippen LogP contribution in [0.5, 0.6) is 0 Å². The molecule has 1 aromatic rings. The number of nitrogens with zero attached hydrogens (tertiary/aromatic N) is 2. The summed E-state index contributed by atoms with van der Waals surface area (Å²) in [5, 5.41) is 0. The van der Waals surface area contributed by atoms with Crippen LogP contribution in [0.2, 0.25) is 0 Å². The maximum Gasteiger partial charge on any atom is 0.0589 e. The zero-order valence-corrected chi connectivity index (χ0v) is 11.1. The van der Waals surface area contributed by atoms with Gasteiger partial charge >= 0.3 is 0 Å². The summed E-state index contributed by atoms with van der Waals surface area (Å²) in [5.74, 6) is 0. The van der Waals surface area contributed by atoms with Crippen molar-refractivity contribution in [2.24, 2.45) is 5.73 Å². The van der Waals surface area contributed by atoms with Gasteiger partial charge in [-0.1, -0.05) is 12.1 Å². The van der Waals surface area contributed by atoms with Gasteiger partial charge in [0.2, 0.25) is 0 Å². The molecule has 0 unspecified atom stereocenters. The van der Waals surface area contributed by atoms with Crippen LogP contribution in [-0.4, -0.2) is 51.3 Å². The number of benzene rings is 1. The van der Waals surface area contributed by atoms with Gasteiger partial charge < -0.3 is 15.4 Å². The van der Waals surface area contributed by atoms with Crippen LogP contribution in [0, 0.1) is 0 Å². The highest BCUT2D eigenvalue weighted by atomic mass is 16.5. The Kier molecular flexibility index (Phi) is 4.99. The van der Waals surface area contributed by atoms with Gasteiger partial charge in [0, 0.05) is 52.1 Å². The van der Waals surface area contributed by atoms with Gasteiger partial charge in [-0.15, -0.1) is 0 Å². The van der Waals surface area contributed by atoms with Crippen LogP contribution in [0.15, 0.2) is 24.3 Å². The van der Waals surface area contributed by atoms with Crippen LogP contribution in [-0.2, 0) is 11.3 Å². The van der Waals surface area contributed by atoms with Gasteiger partial charge in [0.1, 0.15) is 0 Å². The summed E-state index contributed by atoms with van der Waals surface area (Å²) in [5.41, 5.74) is 8.11. The molecular weight excluding hydrogens is 226 g/mol. The molecule has 0 radical (unpaired) electrons. The molecule has 18 heavy (non-hydrogen) atoms. The topological polar surface area (TPSA) is 41.7 Å². The Balaban J connectivity index is 1.84. The number of ether oxygens (including phenoxy) is 1. The molecule has 0 aromatic heterocycles. The average Bonchev–Trinajstić information content (AvgIpc) is 2.46. The van der Waals surface area contributed by atoms with E-state index in [4.69, 9.17) is 10.5 Å². The van der Waals surface area contributed by atoms with Gasteiger partial charge in [-0.3, -0.25) is 4.90 Å². The van der Waals surface area contributed by atoms with Crippen molar-refractivity contribution in [3.05, 3.63) is 29.8 Å². The fraction of sp³-hybridized carbons (Fsp3) is 0.571. The predicted molar refractivity (Wildman–Crippen MR) is 74.9 cm³/mol. The lowest BCUT2D eigenvalue weighted by molar-refractivity contribution is 0.144. The van der Waals surface area contributed by atoms with Crippen molar-refractivity contribution in [1.82, 2.24) is 4.90 Å². The second kappa shape index (κ2) is 6.73. The Hall–Kier alpha value is -1.10. The minimum atomic E-state index is 0.616. The first-order valence-electron chi connectivity index (χ1n) is 6.58. The standard InChI is InChI=1S/C14H23N3O/c1-18-11-10-16-6-8-17(9-7-16)14-4-2-13(12-15)3-5-14/h2-5H,6-12,15H2,1H3. The van der Waals surface area contributed by atoms with E-state index in [1.165, 1.54) is 11.3 Å². The molecule has 1 fully saturated rings. The molecule has 1 aliphatic rings. The fourth-order valence-corrected chi connectivity index (χ4v) is 2.29. The van der Waals surface area contributed by atoms with Crippen molar-refractivity contribution in [2.75, 3.05) is 51.3 Å². The third-order valence-electron chi connectivity index (χ3n) is 3.52. The van der Waals surface area contributed by atoms with Gasteiger partial charge in [0.25, 0.3) is 0 Å². The lowest BCUT2D eigenvalue weighted by atomic mass is 10.2. The van der Waals surface area contributed by atoms with E-state index in [1.807, 2.05) is 0 Å². The van der Waals surface area contributed by atoms with Crippen molar-refractivity contribution in [3.63, 3.8) is 0 Å². The Morgan fingerprint density at radius 2 is 1.78 bits per heavy atom. The van der Waals surface area contributed by atoms with Crippen LogP contribution < -0.4 is 10.6 Å². The number of anilines is 1. The molecule has 4 nitrogen and oxygen atoms in total. The van der Waals surface area contributed by atoms with Crippen molar-refractivity contribution < 1.29 is 4.74 Å². The van der Waals surface area contributed by atoms with Crippen LogP contribution in [0.25, 0.3) is 0 Å². The highest BCUT2D eigenvalue weighted by Crippen LogP contribution is 2.17. The van der Waals surface area contributed by atoms with Crippen LogP contribution >= 0.6 is 0 Å². The number of piperazine rings is 1. The molecule has 0 saturated carbocycles. The quantitative estimate of drug-likeness (QED) is 0.842. The third-order valence-corrected chi connectivity index (χ3v) is 3.52. The SMILES string of the molecule is COCCN1CCN(c2ccc(CN)cc2)CC1. The summed E-state index contributed by atoms with van der Waals surface area (Å²) >= 11 is 0. The minimum absolute atomic E-state index is 0.616. The fourth-order valence-electron chi connectivity index (χ4n) is 2.29. The second-order valence-electron chi connectivity index (χ2n) is 4.69. The summed E-state index contributed by atoms with van der Waals surface area (Å²) in [4.78, 5) is 4.89. The maximum absolute atomic E-state index is 5.61. The van der Waals surface area contributed by atoms with Crippen molar-refractivity contribution >= 4 is 5.69 Å². The molecule has 1 heterocycles. The average molecular weight is 249 g/mol. The molecule has 1 aliphatic heterocycles. The van der Waals surface area contributed by atoms with Gasteiger partial charge in [-0.25, -0.2) is 0 Å². The predicted octanol–water partition coefficient (Wildman–Crippen LogP) is 0.914. The first-order chi connectivity index (χ1) is 8.83. The molecular formula is C14H23N3O. The molecule has 0 spiro atoms. The molecule has 0 atom stereocenters. The van der Waals surface area contributed by atoms with E-state index in [9.17, 15) is 0 Å². The van der Waals surface area contributed by atoms with Crippen molar-refractivity contribution in [2.45, 2.75) is 6.54 Å². The number of methoxy groups -OCH3 is 1. The maximum atomic E-state index is 5.61. The van der Waals surface area contributed by atoms with Gasteiger partial charge in [-0.05, 0) is 17.7 Å².